The number of hydrogen-bond acceptors (Lipinski definition) is 6. The zero-order valence-electron chi connectivity index (χ0n) is 24.9. The van der Waals surface area contributed by atoms with Crippen molar-refractivity contribution in [1.82, 2.24) is 15.2 Å². The summed E-state index contributed by atoms with van der Waals surface area (Å²) < 4.78 is 11.6. The van der Waals surface area contributed by atoms with Gasteiger partial charge in [-0.15, -0.1) is 0 Å². The van der Waals surface area contributed by atoms with E-state index in [2.05, 4.69) is 40.7 Å². The Bertz CT molecular complexity index is 1540. The zero-order chi connectivity index (χ0) is 30.5. The largest absolute Gasteiger partial charge is 0.377 e. The fourth-order valence-corrected chi connectivity index (χ4v) is 6.74. The fraction of sp³-hybridized carbons (Fsp3) is 0.371. The summed E-state index contributed by atoms with van der Waals surface area (Å²) in [5, 5.41) is 5.82. The Morgan fingerprint density at radius 2 is 1.82 bits per heavy atom. The Kier molecular flexibility index (Phi) is 9.14. The van der Waals surface area contributed by atoms with Crippen LogP contribution in [-0.4, -0.2) is 73.2 Å². The molecule has 3 aliphatic rings. The summed E-state index contributed by atoms with van der Waals surface area (Å²) in [6.07, 6.45) is 8.29. The van der Waals surface area contributed by atoms with E-state index in [1.165, 1.54) is 0 Å². The maximum atomic E-state index is 13.7. The lowest BCUT2D eigenvalue weighted by molar-refractivity contribution is -0.140. The first-order valence-corrected chi connectivity index (χ1v) is 15.3. The van der Waals surface area contributed by atoms with Crippen LogP contribution in [0.5, 0.6) is 0 Å². The molecule has 1 saturated heterocycles. The summed E-state index contributed by atoms with van der Waals surface area (Å²) in [4.78, 5) is 45.1. The van der Waals surface area contributed by atoms with Gasteiger partial charge in [-0.2, -0.15) is 0 Å². The van der Waals surface area contributed by atoms with Crippen LogP contribution in [0.3, 0.4) is 0 Å². The first-order chi connectivity index (χ1) is 21.5. The average Bonchev–Trinajstić information content (AvgIpc) is 3.47. The van der Waals surface area contributed by atoms with Gasteiger partial charge in [-0.3, -0.25) is 14.4 Å². The molecule has 0 radical (unpaired) electrons. The summed E-state index contributed by atoms with van der Waals surface area (Å²) >= 11 is 0. The van der Waals surface area contributed by atoms with Crippen molar-refractivity contribution in [2.45, 2.75) is 50.1 Å². The van der Waals surface area contributed by atoms with Gasteiger partial charge in [0.15, 0.2) is 0 Å². The molecule has 0 spiro atoms. The number of nitrogens with zero attached hydrogens (tertiary/aromatic N) is 2. The summed E-state index contributed by atoms with van der Waals surface area (Å²) in [6.45, 7) is 4.13. The number of ether oxygens (including phenoxy) is 2. The lowest BCUT2D eigenvalue weighted by Gasteiger charge is -2.43. The molecule has 2 N–H and O–H groups in total. The number of fused-ring (bicyclic) bond motifs is 7. The molecule has 4 unspecified atom stereocenters. The number of carbonyl (C=O) groups excluding carboxylic acids is 3. The highest BCUT2D eigenvalue weighted by atomic mass is 16.5. The molecule has 3 amide bonds. The first-order valence-electron chi connectivity index (χ1n) is 15.3. The Labute approximate surface area is 257 Å². The molecule has 1 fully saturated rings. The van der Waals surface area contributed by atoms with Crippen molar-refractivity contribution < 1.29 is 23.9 Å². The van der Waals surface area contributed by atoms with Crippen LogP contribution in [0.25, 0.3) is 6.08 Å². The van der Waals surface area contributed by atoms with Gasteiger partial charge in [0.1, 0.15) is 11.9 Å². The van der Waals surface area contributed by atoms with Gasteiger partial charge in [-0.05, 0) is 78.1 Å². The van der Waals surface area contributed by atoms with Gasteiger partial charge in [0, 0.05) is 30.3 Å². The highest BCUT2D eigenvalue weighted by Gasteiger charge is 2.40. The van der Waals surface area contributed by atoms with E-state index < -0.39 is 6.04 Å². The van der Waals surface area contributed by atoms with Crippen LogP contribution in [0.4, 0.5) is 5.82 Å². The van der Waals surface area contributed by atoms with Crippen molar-refractivity contribution in [2.24, 2.45) is 0 Å². The number of benzene rings is 2. The molecule has 4 atom stereocenters. The lowest BCUT2D eigenvalue weighted by Crippen LogP contribution is -2.58. The molecule has 0 saturated carbocycles. The van der Waals surface area contributed by atoms with Crippen molar-refractivity contribution in [3.8, 4) is 0 Å². The van der Waals surface area contributed by atoms with Crippen LogP contribution >= 0.6 is 0 Å². The topological polar surface area (TPSA) is 110 Å². The third-order valence-electron chi connectivity index (χ3n) is 9.03. The standard InChI is InChI=1S/C35H38N4O5/c1-23-30(25-7-3-2-4-8-25)20-32-35(42)39(23)11-13-44-15-14-43-12-5-6-24-16-31(33(36-21-24)37-22-40)29-17-26-9-10-27(34(41)38-32)18-28(26)19-29/h2-10,16,18,21-23,29-30,32H,11-15,17,19-20H2,1H3,(H,38,41)(H,36,37,40)/b6-5+. The summed E-state index contributed by atoms with van der Waals surface area (Å²) in [6, 6.07) is 17.3. The predicted molar refractivity (Wildman–Crippen MR) is 167 cm³/mol. The van der Waals surface area contributed by atoms with Crippen LogP contribution in [0.15, 0.2) is 66.9 Å². The molecule has 9 nitrogen and oxygen atoms in total. The van der Waals surface area contributed by atoms with Crippen molar-refractivity contribution in [1.29, 1.82) is 0 Å². The summed E-state index contributed by atoms with van der Waals surface area (Å²) in [5.41, 5.74) is 5.79. The molecule has 3 heterocycles. The second kappa shape index (κ2) is 13.5. The summed E-state index contributed by atoms with van der Waals surface area (Å²) in [7, 11) is 0. The highest BCUT2D eigenvalue weighted by molar-refractivity contribution is 5.98. The average molecular weight is 595 g/mol. The molecule has 9 heteroatoms. The third kappa shape index (κ3) is 6.44. The van der Waals surface area contributed by atoms with Crippen LogP contribution < -0.4 is 10.6 Å². The van der Waals surface area contributed by atoms with E-state index in [0.29, 0.717) is 63.6 Å². The SMILES string of the molecule is CC1C(c2ccccc2)CC2NC(=O)c3ccc4c(c3)CC(C4)c3cc(cnc3NC=O)/C=C/COCCOCCN1C2=O. The van der Waals surface area contributed by atoms with E-state index in [9.17, 15) is 14.4 Å². The van der Waals surface area contributed by atoms with Crippen LogP contribution in [-0.2, 0) is 31.9 Å². The van der Waals surface area contributed by atoms with Gasteiger partial charge in [0.05, 0.1) is 26.4 Å². The van der Waals surface area contributed by atoms with Gasteiger partial charge in [-0.1, -0.05) is 48.6 Å². The summed E-state index contributed by atoms with van der Waals surface area (Å²) in [5.74, 6) is 0.356. The molecular formula is C35H38N4O5. The zero-order valence-corrected chi connectivity index (χ0v) is 24.9. The van der Waals surface area contributed by atoms with Gasteiger partial charge < -0.3 is 25.0 Å². The molecule has 228 valence electrons. The number of amides is 3. The van der Waals surface area contributed by atoms with E-state index in [0.717, 1.165) is 34.2 Å². The maximum Gasteiger partial charge on any atom is 0.251 e. The molecular weight excluding hydrogens is 556 g/mol. The Morgan fingerprint density at radius 1 is 1.00 bits per heavy atom. The number of pyridine rings is 1. The maximum absolute atomic E-state index is 13.7. The van der Waals surface area contributed by atoms with Gasteiger partial charge in [0.2, 0.25) is 12.3 Å². The molecule has 1 aliphatic carbocycles. The number of rotatable bonds is 3. The van der Waals surface area contributed by atoms with Crippen molar-refractivity contribution >= 4 is 30.1 Å². The molecule has 2 aromatic carbocycles. The predicted octanol–water partition coefficient (Wildman–Crippen LogP) is 4.10. The lowest BCUT2D eigenvalue weighted by atomic mass is 9.81. The second-order valence-electron chi connectivity index (χ2n) is 11.7. The van der Waals surface area contributed by atoms with Crippen molar-refractivity contribution in [2.75, 3.05) is 38.3 Å². The molecule has 2 aliphatic heterocycles. The highest BCUT2D eigenvalue weighted by Crippen LogP contribution is 2.38. The number of anilines is 1. The van der Waals surface area contributed by atoms with Gasteiger partial charge in [0.25, 0.3) is 5.91 Å². The molecule has 7 bridgehead atoms. The van der Waals surface area contributed by atoms with Crippen molar-refractivity contribution in [3.63, 3.8) is 0 Å². The van der Waals surface area contributed by atoms with E-state index in [-0.39, 0.29) is 29.7 Å². The van der Waals surface area contributed by atoms with E-state index >= 15 is 0 Å². The normalized spacial score (nSPS) is 25.0. The Morgan fingerprint density at radius 3 is 2.66 bits per heavy atom. The second-order valence-corrected chi connectivity index (χ2v) is 11.7. The van der Waals surface area contributed by atoms with Gasteiger partial charge in [-0.25, -0.2) is 4.98 Å². The minimum atomic E-state index is -0.649. The van der Waals surface area contributed by atoms with Crippen molar-refractivity contribution in [3.05, 3.63) is 100 Å². The molecule has 6 rings (SSSR count). The Balaban J connectivity index is 1.29. The first kappa shape index (κ1) is 29.7. The number of aromatic nitrogens is 1. The number of nitrogens with one attached hydrogen (secondary N) is 2. The fourth-order valence-electron chi connectivity index (χ4n) is 6.74. The number of piperidine rings is 1. The monoisotopic (exact) mass is 594 g/mol. The molecule has 1 aromatic heterocycles. The Hall–Kier alpha value is -4.34. The quantitative estimate of drug-likeness (QED) is 0.442. The van der Waals surface area contributed by atoms with Gasteiger partial charge >= 0.3 is 0 Å². The van der Waals surface area contributed by atoms with Crippen LogP contribution in [0.1, 0.15) is 63.4 Å². The van der Waals surface area contributed by atoms with E-state index in [4.69, 9.17) is 9.47 Å². The molecule has 3 aromatic rings. The van der Waals surface area contributed by atoms with Crippen LogP contribution in [0.2, 0.25) is 0 Å². The van der Waals surface area contributed by atoms with Crippen LogP contribution in [0, 0.1) is 0 Å². The minimum Gasteiger partial charge on any atom is -0.377 e. The molecule has 44 heavy (non-hydrogen) atoms. The number of carbonyl (C=O) groups is 3. The third-order valence-corrected chi connectivity index (χ3v) is 9.03. The smallest absolute Gasteiger partial charge is 0.251 e. The number of hydrogen-bond donors (Lipinski definition) is 2. The van der Waals surface area contributed by atoms with E-state index in [1.807, 2.05) is 53.5 Å². The minimum absolute atomic E-state index is 0.0456. The van der Waals surface area contributed by atoms with E-state index in [1.54, 1.807) is 6.20 Å².